The fraction of sp³-hybridized carbons (Fsp3) is 0.923. The number of hydrogen-bond acceptors (Lipinski definition) is 4. The summed E-state index contributed by atoms with van der Waals surface area (Å²) in [7, 11) is 0. The first-order valence-corrected chi connectivity index (χ1v) is 6.94. The number of morpholine rings is 1. The van der Waals surface area contributed by atoms with Crippen LogP contribution in [0.2, 0.25) is 0 Å². The van der Waals surface area contributed by atoms with Crippen molar-refractivity contribution in [1.82, 2.24) is 9.80 Å². The molecule has 0 aromatic rings. The van der Waals surface area contributed by atoms with Crippen molar-refractivity contribution in [2.45, 2.75) is 38.3 Å². The van der Waals surface area contributed by atoms with Gasteiger partial charge in [0, 0.05) is 38.6 Å². The van der Waals surface area contributed by atoms with E-state index < -0.39 is 0 Å². The summed E-state index contributed by atoms with van der Waals surface area (Å²) in [6.07, 6.45) is 1.72. The van der Waals surface area contributed by atoms with E-state index in [1.165, 1.54) is 0 Å². The SMILES string of the molecule is CC(O)CCC(=O)N1CCC(N2CCOCC2)C1. The number of rotatable bonds is 4. The maximum atomic E-state index is 11.9. The first-order chi connectivity index (χ1) is 8.66. The van der Waals surface area contributed by atoms with Crippen molar-refractivity contribution >= 4 is 5.91 Å². The largest absolute Gasteiger partial charge is 0.393 e. The molecule has 18 heavy (non-hydrogen) atoms. The van der Waals surface area contributed by atoms with Crippen LogP contribution in [0.25, 0.3) is 0 Å². The number of aliphatic hydroxyl groups is 1. The molecular formula is C13H24N2O3. The number of likely N-dealkylation sites (tertiary alicyclic amines) is 1. The van der Waals surface area contributed by atoms with Crippen molar-refractivity contribution in [3.8, 4) is 0 Å². The molecular weight excluding hydrogens is 232 g/mol. The van der Waals surface area contributed by atoms with Crippen LogP contribution in [0.15, 0.2) is 0 Å². The Morgan fingerprint density at radius 1 is 1.39 bits per heavy atom. The molecule has 5 nitrogen and oxygen atoms in total. The predicted octanol–water partition coefficient (Wildman–Crippen LogP) is 0.0805. The van der Waals surface area contributed by atoms with Gasteiger partial charge in [0.15, 0.2) is 0 Å². The number of nitrogens with zero attached hydrogens (tertiary/aromatic N) is 2. The number of hydrogen-bond donors (Lipinski definition) is 1. The van der Waals surface area contributed by atoms with Crippen LogP contribution in [0.1, 0.15) is 26.2 Å². The van der Waals surface area contributed by atoms with Gasteiger partial charge in [-0.25, -0.2) is 0 Å². The lowest BCUT2D eigenvalue weighted by Gasteiger charge is -2.32. The Labute approximate surface area is 109 Å². The van der Waals surface area contributed by atoms with Crippen LogP contribution >= 0.6 is 0 Å². The van der Waals surface area contributed by atoms with E-state index in [1.807, 2.05) is 4.90 Å². The topological polar surface area (TPSA) is 53.0 Å². The van der Waals surface area contributed by atoms with Crippen LogP contribution in [0.5, 0.6) is 0 Å². The monoisotopic (exact) mass is 256 g/mol. The van der Waals surface area contributed by atoms with Gasteiger partial charge in [0.05, 0.1) is 19.3 Å². The number of ether oxygens (including phenoxy) is 1. The maximum Gasteiger partial charge on any atom is 0.222 e. The van der Waals surface area contributed by atoms with Crippen molar-refractivity contribution in [3.05, 3.63) is 0 Å². The van der Waals surface area contributed by atoms with Crippen molar-refractivity contribution in [2.24, 2.45) is 0 Å². The van der Waals surface area contributed by atoms with E-state index >= 15 is 0 Å². The molecule has 2 unspecified atom stereocenters. The van der Waals surface area contributed by atoms with E-state index in [4.69, 9.17) is 4.74 Å². The van der Waals surface area contributed by atoms with Crippen molar-refractivity contribution in [2.75, 3.05) is 39.4 Å². The molecule has 0 bridgehead atoms. The highest BCUT2D eigenvalue weighted by molar-refractivity contribution is 5.76. The van der Waals surface area contributed by atoms with Gasteiger partial charge in [-0.3, -0.25) is 9.69 Å². The molecule has 2 aliphatic heterocycles. The standard InChI is InChI=1S/C13H24N2O3/c1-11(16)2-3-13(17)15-5-4-12(10-15)14-6-8-18-9-7-14/h11-12,16H,2-10H2,1H3. The van der Waals surface area contributed by atoms with Gasteiger partial charge in [-0.1, -0.05) is 0 Å². The first kappa shape index (κ1) is 13.8. The molecule has 2 aliphatic rings. The smallest absolute Gasteiger partial charge is 0.222 e. The molecule has 2 saturated heterocycles. The van der Waals surface area contributed by atoms with Crippen LogP contribution in [0.4, 0.5) is 0 Å². The second-order valence-corrected chi connectivity index (χ2v) is 5.32. The number of carbonyl (C=O) groups is 1. The van der Waals surface area contributed by atoms with Crippen LogP contribution in [0, 0.1) is 0 Å². The summed E-state index contributed by atoms with van der Waals surface area (Å²) in [6.45, 7) is 7.03. The van der Waals surface area contributed by atoms with Gasteiger partial charge < -0.3 is 14.7 Å². The van der Waals surface area contributed by atoms with Crippen LogP contribution < -0.4 is 0 Å². The zero-order chi connectivity index (χ0) is 13.0. The van der Waals surface area contributed by atoms with E-state index in [9.17, 15) is 9.90 Å². The summed E-state index contributed by atoms with van der Waals surface area (Å²) < 4.78 is 5.35. The Balaban J connectivity index is 1.75. The summed E-state index contributed by atoms with van der Waals surface area (Å²) >= 11 is 0. The molecule has 2 rings (SSSR count). The molecule has 1 amide bonds. The van der Waals surface area contributed by atoms with Crippen LogP contribution in [-0.4, -0.2) is 72.4 Å². The fourth-order valence-corrected chi connectivity index (χ4v) is 2.70. The fourth-order valence-electron chi connectivity index (χ4n) is 2.70. The summed E-state index contributed by atoms with van der Waals surface area (Å²) in [6, 6.07) is 0.504. The molecule has 0 spiro atoms. The second kappa shape index (κ2) is 6.50. The van der Waals surface area contributed by atoms with Gasteiger partial charge in [-0.15, -0.1) is 0 Å². The maximum absolute atomic E-state index is 11.9. The third-order valence-electron chi connectivity index (χ3n) is 3.85. The highest BCUT2D eigenvalue weighted by Gasteiger charge is 2.30. The van der Waals surface area contributed by atoms with E-state index in [-0.39, 0.29) is 12.0 Å². The van der Waals surface area contributed by atoms with Crippen molar-refractivity contribution in [1.29, 1.82) is 0 Å². The summed E-state index contributed by atoms with van der Waals surface area (Å²) in [5.74, 6) is 0.187. The molecule has 2 heterocycles. The Kier molecular flexibility index (Phi) is 4.97. The lowest BCUT2D eigenvalue weighted by Crippen LogP contribution is -2.45. The second-order valence-electron chi connectivity index (χ2n) is 5.32. The molecule has 2 atom stereocenters. The predicted molar refractivity (Wildman–Crippen MR) is 68.3 cm³/mol. The lowest BCUT2D eigenvalue weighted by molar-refractivity contribution is -0.131. The molecule has 2 fully saturated rings. The van der Waals surface area contributed by atoms with Gasteiger partial charge >= 0.3 is 0 Å². The molecule has 1 N–H and O–H groups in total. The van der Waals surface area contributed by atoms with Crippen LogP contribution in [-0.2, 0) is 9.53 Å². The van der Waals surface area contributed by atoms with Crippen molar-refractivity contribution in [3.63, 3.8) is 0 Å². The Morgan fingerprint density at radius 2 is 2.11 bits per heavy atom. The highest BCUT2D eigenvalue weighted by atomic mass is 16.5. The molecule has 104 valence electrons. The minimum Gasteiger partial charge on any atom is -0.393 e. The quantitative estimate of drug-likeness (QED) is 0.774. The Hall–Kier alpha value is -0.650. The minimum absolute atomic E-state index is 0.187. The van der Waals surface area contributed by atoms with Gasteiger partial charge in [0.25, 0.3) is 0 Å². The van der Waals surface area contributed by atoms with Crippen LogP contribution in [0.3, 0.4) is 0 Å². The third kappa shape index (κ3) is 3.67. The zero-order valence-electron chi connectivity index (χ0n) is 11.2. The number of aliphatic hydroxyl groups excluding tert-OH is 1. The molecule has 0 saturated carbocycles. The number of amides is 1. The first-order valence-electron chi connectivity index (χ1n) is 6.94. The normalized spacial score (nSPS) is 27.4. The zero-order valence-corrected chi connectivity index (χ0v) is 11.2. The number of carbonyl (C=O) groups excluding carboxylic acids is 1. The minimum atomic E-state index is -0.383. The van der Waals surface area contributed by atoms with E-state index in [0.29, 0.717) is 18.9 Å². The molecule has 0 radical (unpaired) electrons. The summed E-state index contributed by atoms with van der Waals surface area (Å²) in [5.41, 5.74) is 0. The Morgan fingerprint density at radius 3 is 2.78 bits per heavy atom. The molecule has 0 aliphatic carbocycles. The van der Waals surface area contributed by atoms with Gasteiger partial charge in [-0.2, -0.15) is 0 Å². The summed E-state index contributed by atoms with van der Waals surface area (Å²) in [5, 5.41) is 9.21. The van der Waals surface area contributed by atoms with Gasteiger partial charge in [0.2, 0.25) is 5.91 Å². The molecule has 5 heteroatoms. The lowest BCUT2D eigenvalue weighted by atomic mass is 10.2. The van der Waals surface area contributed by atoms with E-state index in [2.05, 4.69) is 4.90 Å². The molecule has 0 aromatic heterocycles. The Bertz CT molecular complexity index is 277. The highest BCUT2D eigenvalue weighted by Crippen LogP contribution is 2.18. The average Bonchev–Trinajstić information content (AvgIpc) is 2.86. The van der Waals surface area contributed by atoms with E-state index in [1.54, 1.807) is 6.92 Å². The van der Waals surface area contributed by atoms with Gasteiger partial charge in [-0.05, 0) is 19.8 Å². The third-order valence-corrected chi connectivity index (χ3v) is 3.85. The molecule has 0 aromatic carbocycles. The van der Waals surface area contributed by atoms with Crippen molar-refractivity contribution < 1.29 is 14.6 Å². The summed E-state index contributed by atoms with van der Waals surface area (Å²) in [4.78, 5) is 16.3. The van der Waals surface area contributed by atoms with E-state index in [0.717, 1.165) is 45.8 Å². The average molecular weight is 256 g/mol. The van der Waals surface area contributed by atoms with Gasteiger partial charge in [0.1, 0.15) is 0 Å².